The number of rotatable bonds is 3. The van der Waals surface area contributed by atoms with Crippen LogP contribution in [0.15, 0.2) is 59.4 Å². The minimum Gasteiger partial charge on any atom is -0.378 e. The second-order valence-corrected chi connectivity index (χ2v) is 7.02. The second-order valence-electron chi connectivity index (χ2n) is 7.02. The molecule has 29 heavy (non-hydrogen) atoms. The van der Waals surface area contributed by atoms with Gasteiger partial charge in [-0.2, -0.15) is 9.78 Å². The van der Waals surface area contributed by atoms with Crippen LogP contribution in [-0.4, -0.2) is 44.5 Å². The average Bonchev–Trinajstić information content (AvgIpc) is 3.22. The SMILES string of the molecule is CN(C)c1ccc([C@@H]2c3c(-c4ccccc4)n[nH]c(=O)c3Nc3nnnn32)cc1. The number of hydrogen-bond donors (Lipinski definition) is 2. The van der Waals surface area contributed by atoms with Gasteiger partial charge in [0.1, 0.15) is 11.7 Å². The van der Waals surface area contributed by atoms with Crippen LogP contribution in [0.5, 0.6) is 0 Å². The molecule has 1 aliphatic heterocycles. The van der Waals surface area contributed by atoms with E-state index in [1.807, 2.05) is 73.6 Å². The lowest BCUT2D eigenvalue weighted by atomic mass is 9.92. The maximum Gasteiger partial charge on any atom is 0.288 e. The summed E-state index contributed by atoms with van der Waals surface area (Å²) in [6.45, 7) is 0. The molecule has 0 saturated carbocycles. The number of fused-ring (bicyclic) bond motifs is 2. The van der Waals surface area contributed by atoms with Crippen LogP contribution in [0.4, 0.5) is 17.3 Å². The van der Waals surface area contributed by atoms with Crippen LogP contribution in [0.3, 0.4) is 0 Å². The van der Waals surface area contributed by atoms with Crippen LogP contribution in [0.25, 0.3) is 11.3 Å². The molecule has 2 aromatic heterocycles. The number of nitrogens with zero attached hydrogens (tertiary/aromatic N) is 6. The van der Waals surface area contributed by atoms with E-state index in [-0.39, 0.29) is 5.56 Å². The Balaban J connectivity index is 1.77. The van der Waals surface area contributed by atoms with E-state index in [9.17, 15) is 4.79 Å². The van der Waals surface area contributed by atoms with Crippen molar-refractivity contribution in [3.63, 3.8) is 0 Å². The minimum absolute atomic E-state index is 0.316. The van der Waals surface area contributed by atoms with E-state index in [1.165, 1.54) is 0 Å². The number of anilines is 3. The molecule has 144 valence electrons. The van der Waals surface area contributed by atoms with Crippen LogP contribution < -0.4 is 15.8 Å². The lowest BCUT2D eigenvalue weighted by Gasteiger charge is -2.28. The Morgan fingerprint density at radius 3 is 2.52 bits per heavy atom. The summed E-state index contributed by atoms with van der Waals surface area (Å²) in [5.74, 6) is 0.412. The van der Waals surface area contributed by atoms with Crippen molar-refractivity contribution in [2.45, 2.75) is 6.04 Å². The van der Waals surface area contributed by atoms with E-state index < -0.39 is 6.04 Å². The predicted molar refractivity (Wildman–Crippen MR) is 109 cm³/mol. The summed E-state index contributed by atoms with van der Waals surface area (Å²) >= 11 is 0. The van der Waals surface area contributed by atoms with E-state index >= 15 is 0 Å². The van der Waals surface area contributed by atoms with Crippen molar-refractivity contribution in [2.24, 2.45) is 0 Å². The van der Waals surface area contributed by atoms with Gasteiger partial charge in [0.05, 0.1) is 5.69 Å². The van der Waals surface area contributed by atoms with Crippen molar-refractivity contribution < 1.29 is 0 Å². The Hall–Kier alpha value is -4.01. The zero-order valence-electron chi connectivity index (χ0n) is 15.9. The van der Waals surface area contributed by atoms with Gasteiger partial charge in [-0.3, -0.25) is 4.79 Å². The number of aromatic amines is 1. The predicted octanol–water partition coefficient (Wildman–Crippen LogP) is 2.18. The normalized spacial score (nSPS) is 14.6. The Bertz CT molecular complexity index is 1230. The Morgan fingerprint density at radius 1 is 1.03 bits per heavy atom. The number of tetrazole rings is 1. The molecule has 0 fully saturated rings. The first-order valence-electron chi connectivity index (χ1n) is 9.13. The molecule has 2 aromatic carbocycles. The van der Waals surface area contributed by atoms with Gasteiger partial charge in [-0.25, -0.2) is 5.10 Å². The van der Waals surface area contributed by atoms with Crippen LogP contribution in [-0.2, 0) is 0 Å². The lowest BCUT2D eigenvalue weighted by molar-refractivity contribution is 0.567. The highest BCUT2D eigenvalue weighted by molar-refractivity contribution is 5.75. The number of benzene rings is 2. The third kappa shape index (κ3) is 2.75. The van der Waals surface area contributed by atoms with Gasteiger partial charge in [-0.1, -0.05) is 47.6 Å². The Morgan fingerprint density at radius 2 is 1.79 bits per heavy atom. The lowest BCUT2D eigenvalue weighted by Crippen LogP contribution is -2.29. The molecule has 4 aromatic rings. The van der Waals surface area contributed by atoms with Crippen molar-refractivity contribution in [1.82, 2.24) is 30.4 Å². The zero-order valence-corrected chi connectivity index (χ0v) is 15.9. The van der Waals surface area contributed by atoms with Crippen LogP contribution in [0.2, 0.25) is 0 Å². The molecule has 3 heterocycles. The fraction of sp³-hybridized carbons (Fsp3) is 0.150. The highest BCUT2D eigenvalue weighted by Gasteiger charge is 2.34. The van der Waals surface area contributed by atoms with Crippen molar-refractivity contribution in [3.8, 4) is 11.3 Å². The average molecular weight is 386 g/mol. The smallest absolute Gasteiger partial charge is 0.288 e. The van der Waals surface area contributed by atoms with Gasteiger partial charge >= 0.3 is 0 Å². The summed E-state index contributed by atoms with van der Waals surface area (Å²) in [4.78, 5) is 14.7. The molecular weight excluding hydrogens is 368 g/mol. The fourth-order valence-electron chi connectivity index (χ4n) is 3.62. The zero-order chi connectivity index (χ0) is 20.0. The topological polar surface area (TPSA) is 105 Å². The molecule has 9 nitrogen and oxygen atoms in total. The monoisotopic (exact) mass is 386 g/mol. The summed E-state index contributed by atoms with van der Waals surface area (Å²) in [5, 5.41) is 22.0. The van der Waals surface area contributed by atoms with Crippen molar-refractivity contribution in [2.75, 3.05) is 24.3 Å². The standard InChI is InChI=1S/C20H18N8O/c1-27(2)14-10-8-13(9-11-14)18-15-16(12-6-4-3-5-7-12)22-23-19(29)17(15)21-20-24-25-26-28(18)20/h3-11,18H,1-2H3,(H,23,29)(H,21,24,26)/t18-/m1/s1. The van der Waals surface area contributed by atoms with Crippen molar-refractivity contribution in [3.05, 3.63) is 76.1 Å². The summed E-state index contributed by atoms with van der Waals surface area (Å²) in [6.07, 6.45) is 0. The van der Waals surface area contributed by atoms with E-state index in [1.54, 1.807) is 4.68 Å². The molecule has 2 N–H and O–H groups in total. The molecule has 0 amide bonds. The van der Waals surface area contributed by atoms with Gasteiger partial charge in [0, 0.05) is 30.9 Å². The molecule has 5 rings (SSSR count). The van der Waals surface area contributed by atoms with Crippen molar-refractivity contribution >= 4 is 17.3 Å². The van der Waals surface area contributed by atoms with Crippen LogP contribution in [0, 0.1) is 0 Å². The first kappa shape index (κ1) is 17.1. The number of aromatic nitrogens is 6. The molecule has 9 heteroatoms. The van der Waals surface area contributed by atoms with Gasteiger partial charge in [0.15, 0.2) is 0 Å². The molecule has 0 unspecified atom stereocenters. The maximum absolute atomic E-state index is 12.6. The van der Waals surface area contributed by atoms with E-state index in [0.717, 1.165) is 22.4 Å². The number of nitrogens with one attached hydrogen (secondary N) is 2. The first-order chi connectivity index (χ1) is 14.1. The van der Waals surface area contributed by atoms with Gasteiger partial charge in [0.2, 0.25) is 5.95 Å². The summed E-state index contributed by atoms with van der Waals surface area (Å²) in [5.41, 5.74) is 4.43. The summed E-state index contributed by atoms with van der Waals surface area (Å²) < 4.78 is 1.68. The van der Waals surface area contributed by atoms with Gasteiger partial charge in [0.25, 0.3) is 5.56 Å². The second kappa shape index (κ2) is 6.55. The third-order valence-corrected chi connectivity index (χ3v) is 5.04. The van der Waals surface area contributed by atoms with Crippen LogP contribution >= 0.6 is 0 Å². The Labute approximate surface area is 166 Å². The highest BCUT2D eigenvalue weighted by atomic mass is 16.1. The fourth-order valence-corrected chi connectivity index (χ4v) is 3.62. The molecule has 0 radical (unpaired) electrons. The maximum atomic E-state index is 12.6. The van der Waals surface area contributed by atoms with E-state index in [4.69, 9.17) is 0 Å². The molecule has 0 bridgehead atoms. The van der Waals surface area contributed by atoms with Gasteiger partial charge < -0.3 is 10.2 Å². The molecule has 0 saturated heterocycles. The highest BCUT2D eigenvalue weighted by Crippen LogP contribution is 2.41. The summed E-state index contributed by atoms with van der Waals surface area (Å²) in [6, 6.07) is 17.5. The minimum atomic E-state index is -0.391. The molecular formula is C20H18N8O. The van der Waals surface area contributed by atoms with E-state index in [0.29, 0.717) is 17.3 Å². The first-order valence-corrected chi connectivity index (χ1v) is 9.13. The molecule has 1 aliphatic rings. The number of H-pyrrole nitrogens is 1. The van der Waals surface area contributed by atoms with E-state index in [2.05, 4.69) is 31.0 Å². The molecule has 0 spiro atoms. The largest absolute Gasteiger partial charge is 0.378 e. The quantitative estimate of drug-likeness (QED) is 0.490. The van der Waals surface area contributed by atoms with Gasteiger partial charge in [-0.15, -0.1) is 0 Å². The van der Waals surface area contributed by atoms with Crippen LogP contribution in [0.1, 0.15) is 17.2 Å². The third-order valence-electron chi connectivity index (χ3n) is 5.04. The van der Waals surface area contributed by atoms with Crippen molar-refractivity contribution in [1.29, 1.82) is 0 Å². The number of hydrogen-bond acceptors (Lipinski definition) is 7. The van der Waals surface area contributed by atoms with Gasteiger partial charge in [-0.05, 0) is 28.1 Å². The molecule has 0 aliphatic carbocycles. The Kier molecular flexibility index (Phi) is 3.87. The molecule has 1 atom stereocenters. The summed E-state index contributed by atoms with van der Waals surface area (Å²) in [7, 11) is 3.98.